The molecule has 0 radical (unpaired) electrons. The summed E-state index contributed by atoms with van der Waals surface area (Å²) in [5.41, 5.74) is -0.644. The van der Waals surface area contributed by atoms with Gasteiger partial charge in [0.05, 0.1) is 5.56 Å². The van der Waals surface area contributed by atoms with Gasteiger partial charge in [0.15, 0.2) is 0 Å². The Balaban J connectivity index is 2.51. The van der Waals surface area contributed by atoms with Crippen LogP contribution in [0.25, 0.3) is 0 Å². The minimum Gasteiger partial charge on any atom is -0.287 e. The zero-order valence-electron chi connectivity index (χ0n) is 7.28. The van der Waals surface area contributed by atoms with E-state index in [4.69, 9.17) is 0 Å². The molecular formula is C9H4F2N2OS. The first-order valence-corrected chi connectivity index (χ1v) is 4.79. The van der Waals surface area contributed by atoms with Gasteiger partial charge in [-0.25, -0.2) is 8.78 Å². The van der Waals surface area contributed by atoms with E-state index >= 15 is 0 Å². The van der Waals surface area contributed by atoms with Crippen molar-refractivity contribution in [2.24, 2.45) is 0 Å². The normalized spacial score (nSPS) is 10.3. The fraction of sp³-hybridized carbons (Fsp3) is 0. The number of rotatable bonds is 2. The highest BCUT2D eigenvalue weighted by Crippen LogP contribution is 2.16. The standard InChI is InChI=1S/C9H4F2N2OS/c10-5-2-1-3-6(11)8(5)9(14)7-4-15-13-12-7/h1-4H. The van der Waals surface area contributed by atoms with E-state index in [1.807, 2.05) is 0 Å². The molecule has 0 atom stereocenters. The molecule has 1 aromatic carbocycles. The summed E-state index contributed by atoms with van der Waals surface area (Å²) in [4.78, 5) is 11.6. The van der Waals surface area contributed by atoms with Crippen LogP contribution in [-0.2, 0) is 0 Å². The van der Waals surface area contributed by atoms with E-state index in [-0.39, 0.29) is 5.69 Å². The van der Waals surface area contributed by atoms with Gasteiger partial charge < -0.3 is 0 Å². The average molecular weight is 226 g/mol. The summed E-state index contributed by atoms with van der Waals surface area (Å²) in [6.07, 6.45) is 0. The molecule has 0 saturated heterocycles. The molecule has 15 heavy (non-hydrogen) atoms. The fourth-order valence-electron chi connectivity index (χ4n) is 1.11. The zero-order valence-corrected chi connectivity index (χ0v) is 8.09. The number of halogens is 2. The first-order chi connectivity index (χ1) is 7.20. The third-order valence-electron chi connectivity index (χ3n) is 1.78. The van der Waals surface area contributed by atoms with Gasteiger partial charge in [-0.3, -0.25) is 4.79 Å². The average Bonchev–Trinajstić information content (AvgIpc) is 2.69. The van der Waals surface area contributed by atoms with E-state index < -0.39 is 23.0 Å². The lowest BCUT2D eigenvalue weighted by molar-refractivity contribution is 0.102. The molecule has 0 aliphatic heterocycles. The molecule has 0 aliphatic rings. The van der Waals surface area contributed by atoms with Crippen LogP contribution in [0.15, 0.2) is 23.6 Å². The third-order valence-corrected chi connectivity index (χ3v) is 2.29. The lowest BCUT2D eigenvalue weighted by atomic mass is 10.1. The highest BCUT2D eigenvalue weighted by molar-refractivity contribution is 7.03. The van der Waals surface area contributed by atoms with Gasteiger partial charge in [-0.15, -0.1) is 5.10 Å². The molecule has 76 valence electrons. The van der Waals surface area contributed by atoms with Gasteiger partial charge >= 0.3 is 0 Å². The van der Waals surface area contributed by atoms with Crippen molar-refractivity contribution < 1.29 is 13.6 Å². The predicted molar refractivity (Wildman–Crippen MR) is 49.7 cm³/mol. The quantitative estimate of drug-likeness (QED) is 0.736. The van der Waals surface area contributed by atoms with Gasteiger partial charge in [-0.05, 0) is 23.7 Å². The summed E-state index contributed by atoms with van der Waals surface area (Å²) in [7, 11) is 0. The predicted octanol–water partition coefficient (Wildman–Crippen LogP) is 2.05. The van der Waals surface area contributed by atoms with Gasteiger partial charge in [0, 0.05) is 5.38 Å². The molecule has 0 amide bonds. The zero-order chi connectivity index (χ0) is 10.8. The van der Waals surface area contributed by atoms with Crippen LogP contribution in [0.5, 0.6) is 0 Å². The monoisotopic (exact) mass is 226 g/mol. The first kappa shape index (κ1) is 9.85. The molecule has 0 fully saturated rings. The van der Waals surface area contributed by atoms with E-state index in [1.165, 1.54) is 11.4 Å². The van der Waals surface area contributed by atoms with Crippen molar-refractivity contribution in [1.82, 2.24) is 9.59 Å². The Bertz CT molecular complexity index is 479. The van der Waals surface area contributed by atoms with Gasteiger partial charge in [0.2, 0.25) is 5.78 Å². The van der Waals surface area contributed by atoms with Crippen molar-refractivity contribution in [2.45, 2.75) is 0 Å². The summed E-state index contributed by atoms with van der Waals surface area (Å²) in [5, 5.41) is 4.80. The number of ketones is 1. The third kappa shape index (κ3) is 1.75. The largest absolute Gasteiger partial charge is 0.287 e. The number of aromatic nitrogens is 2. The maximum Gasteiger partial charge on any atom is 0.220 e. The molecule has 2 aromatic rings. The number of carbonyl (C=O) groups excluding carboxylic acids is 1. The highest BCUT2D eigenvalue weighted by Gasteiger charge is 2.20. The summed E-state index contributed by atoms with van der Waals surface area (Å²) in [6.45, 7) is 0. The molecular weight excluding hydrogens is 222 g/mol. The van der Waals surface area contributed by atoms with Crippen LogP contribution < -0.4 is 0 Å². The number of nitrogens with zero attached hydrogens (tertiary/aromatic N) is 2. The maximum absolute atomic E-state index is 13.2. The topological polar surface area (TPSA) is 42.9 Å². The minimum atomic E-state index is -0.895. The molecule has 6 heteroatoms. The fourth-order valence-corrected chi connectivity index (χ4v) is 1.54. The Labute approximate surface area is 87.5 Å². The van der Waals surface area contributed by atoms with Crippen LogP contribution in [0.3, 0.4) is 0 Å². The number of benzene rings is 1. The van der Waals surface area contributed by atoms with Crippen molar-refractivity contribution in [3.05, 3.63) is 46.5 Å². The number of hydrogen-bond acceptors (Lipinski definition) is 4. The van der Waals surface area contributed by atoms with Crippen LogP contribution in [0.2, 0.25) is 0 Å². The van der Waals surface area contributed by atoms with E-state index in [0.717, 1.165) is 23.7 Å². The Hall–Kier alpha value is -1.69. The molecule has 3 nitrogen and oxygen atoms in total. The lowest BCUT2D eigenvalue weighted by Crippen LogP contribution is -2.07. The second-order valence-corrected chi connectivity index (χ2v) is 3.33. The van der Waals surface area contributed by atoms with E-state index in [9.17, 15) is 13.6 Å². The van der Waals surface area contributed by atoms with Crippen LogP contribution in [0.1, 0.15) is 16.1 Å². The van der Waals surface area contributed by atoms with Crippen molar-refractivity contribution >= 4 is 17.3 Å². The van der Waals surface area contributed by atoms with Crippen molar-refractivity contribution in [3.8, 4) is 0 Å². The van der Waals surface area contributed by atoms with Gasteiger partial charge in [0.1, 0.15) is 17.3 Å². The molecule has 2 rings (SSSR count). The highest BCUT2D eigenvalue weighted by atomic mass is 32.1. The number of carbonyl (C=O) groups is 1. The summed E-state index contributed by atoms with van der Waals surface area (Å²) < 4.78 is 29.8. The minimum absolute atomic E-state index is 0.0519. The maximum atomic E-state index is 13.2. The van der Waals surface area contributed by atoms with Gasteiger partial charge in [-0.2, -0.15) is 0 Å². The van der Waals surface area contributed by atoms with Crippen LogP contribution >= 0.6 is 11.5 Å². The summed E-state index contributed by atoms with van der Waals surface area (Å²) in [5.74, 6) is -2.58. The lowest BCUT2D eigenvalue weighted by Gasteiger charge is -2.00. The van der Waals surface area contributed by atoms with E-state index in [2.05, 4.69) is 9.59 Å². The molecule has 0 N–H and O–H groups in total. The SMILES string of the molecule is O=C(c1csnn1)c1c(F)cccc1F. The Morgan fingerprint density at radius 1 is 1.27 bits per heavy atom. The van der Waals surface area contributed by atoms with Crippen molar-refractivity contribution in [1.29, 1.82) is 0 Å². The smallest absolute Gasteiger partial charge is 0.220 e. The Kier molecular flexibility index (Phi) is 2.51. The van der Waals surface area contributed by atoms with Crippen LogP contribution in [0, 0.1) is 11.6 Å². The van der Waals surface area contributed by atoms with Crippen molar-refractivity contribution in [2.75, 3.05) is 0 Å². The van der Waals surface area contributed by atoms with E-state index in [1.54, 1.807) is 0 Å². The first-order valence-electron chi connectivity index (χ1n) is 3.96. The van der Waals surface area contributed by atoms with Crippen LogP contribution in [0.4, 0.5) is 8.78 Å². The summed E-state index contributed by atoms with van der Waals surface area (Å²) in [6, 6.07) is 3.24. The Morgan fingerprint density at radius 3 is 2.47 bits per heavy atom. The summed E-state index contributed by atoms with van der Waals surface area (Å²) >= 11 is 0.947. The molecule has 0 unspecified atom stereocenters. The molecule has 0 saturated carbocycles. The molecule has 1 heterocycles. The van der Waals surface area contributed by atoms with Gasteiger partial charge in [-0.1, -0.05) is 10.6 Å². The van der Waals surface area contributed by atoms with Crippen molar-refractivity contribution in [3.63, 3.8) is 0 Å². The molecule has 0 aliphatic carbocycles. The second-order valence-electron chi connectivity index (χ2n) is 2.72. The molecule has 0 spiro atoms. The van der Waals surface area contributed by atoms with E-state index in [0.29, 0.717) is 0 Å². The van der Waals surface area contributed by atoms with Gasteiger partial charge in [0.25, 0.3) is 0 Å². The molecule has 0 bridgehead atoms. The molecule has 1 aromatic heterocycles. The number of hydrogen-bond donors (Lipinski definition) is 0. The van der Waals surface area contributed by atoms with Crippen LogP contribution in [-0.4, -0.2) is 15.4 Å². The second kappa shape index (κ2) is 3.82. The Morgan fingerprint density at radius 2 is 1.93 bits per heavy atom.